The van der Waals surface area contributed by atoms with E-state index in [1.165, 1.54) is 0 Å². The fraction of sp³-hybridized carbons (Fsp3) is 0.0667. The van der Waals surface area contributed by atoms with Crippen LogP contribution in [0.5, 0.6) is 0 Å². The van der Waals surface area contributed by atoms with Gasteiger partial charge in [-0.15, -0.1) is 5.10 Å². The van der Waals surface area contributed by atoms with E-state index in [0.717, 1.165) is 22.9 Å². The number of alkyl halides is 3. The highest BCUT2D eigenvalue weighted by Crippen LogP contribution is 2.33. The van der Waals surface area contributed by atoms with E-state index in [4.69, 9.17) is 23.2 Å². The zero-order chi connectivity index (χ0) is 17.5. The van der Waals surface area contributed by atoms with Crippen LogP contribution in [0.2, 0.25) is 10.0 Å². The molecule has 0 amide bonds. The normalized spacial score (nSPS) is 11.7. The van der Waals surface area contributed by atoms with E-state index in [0.29, 0.717) is 10.6 Å². The first-order valence-corrected chi connectivity index (χ1v) is 7.34. The fourth-order valence-corrected chi connectivity index (χ4v) is 2.60. The molecule has 124 valence electrons. The first-order chi connectivity index (χ1) is 11.3. The Morgan fingerprint density at radius 3 is 2.38 bits per heavy atom. The molecule has 3 aromatic rings. The lowest BCUT2D eigenvalue weighted by Crippen LogP contribution is -2.16. The summed E-state index contributed by atoms with van der Waals surface area (Å²) < 4.78 is 39.0. The van der Waals surface area contributed by atoms with Gasteiger partial charge in [0.1, 0.15) is 0 Å². The predicted octanol–water partition coefficient (Wildman–Crippen LogP) is 4.55. The molecule has 4 nitrogen and oxygen atoms in total. The molecule has 0 fully saturated rings. The number of H-pyrrole nitrogens is 1. The Balaban J connectivity index is 2.09. The number of nitrogens with one attached hydrogen (secondary N) is 1. The second-order valence-electron chi connectivity index (χ2n) is 4.83. The van der Waals surface area contributed by atoms with Crippen molar-refractivity contribution in [1.82, 2.24) is 14.8 Å². The van der Waals surface area contributed by atoms with Crippen LogP contribution in [0.4, 0.5) is 13.2 Å². The quantitative estimate of drug-likeness (QED) is 0.716. The van der Waals surface area contributed by atoms with Crippen molar-refractivity contribution in [1.29, 1.82) is 0 Å². The molecule has 0 radical (unpaired) electrons. The predicted molar refractivity (Wildman–Crippen MR) is 84.6 cm³/mol. The molecule has 0 unspecified atom stereocenters. The molecule has 0 saturated carbocycles. The summed E-state index contributed by atoms with van der Waals surface area (Å²) >= 11 is 11.9. The number of nitrogens with zero attached hydrogens (tertiary/aromatic N) is 2. The summed E-state index contributed by atoms with van der Waals surface area (Å²) in [7, 11) is 0. The molecule has 0 bridgehead atoms. The van der Waals surface area contributed by atoms with Crippen molar-refractivity contribution in [2.24, 2.45) is 0 Å². The summed E-state index contributed by atoms with van der Waals surface area (Å²) in [6, 6.07) is 9.37. The van der Waals surface area contributed by atoms with Gasteiger partial charge in [-0.2, -0.15) is 17.9 Å². The highest BCUT2D eigenvalue weighted by atomic mass is 35.5. The first-order valence-electron chi connectivity index (χ1n) is 6.59. The van der Waals surface area contributed by atoms with E-state index in [2.05, 4.69) is 10.1 Å². The van der Waals surface area contributed by atoms with Gasteiger partial charge in [0.2, 0.25) is 0 Å². The Labute approximate surface area is 143 Å². The van der Waals surface area contributed by atoms with Crippen molar-refractivity contribution in [3.8, 4) is 17.1 Å². The molecule has 0 aliphatic heterocycles. The van der Waals surface area contributed by atoms with Crippen LogP contribution in [0, 0.1) is 0 Å². The van der Waals surface area contributed by atoms with Crippen molar-refractivity contribution in [2.45, 2.75) is 6.18 Å². The largest absolute Gasteiger partial charge is 0.416 e. The standard InChI is InChI=1S/C15H8Cl2F3N3O/c16-10-4-2-1-3-9(10)13-21-14(24)23(22-13)12-6-5-8(7-11(12)17)15(18,19)20/h1-7H,(H,21,22,24). The Morgan fingerprint density at radius 1 is 1.04 bits per heavy atom. The molecule has 2 aromatic carbocycles. The number of benzene rings is 2. The summed E-state index contributed by atoms with van der Waals surface area (Å²) in [6.45, 7) is 0. The van der Waals surface area contributed by atoms with Gasteiger partial charge in [-0.1, -0.05) is 35.3 Å². The van der Waals surface area contributed by atoms with Crippen LogP contribution < -0.4 is 5.69 Å². The van der Waals surface area contributed by atoms with Gasteiger partial charge in [-0.05, 0) is 30.3 Å². The number of hydrogen-bond acceptors (Lipinski definition) is 2. The van der Waals surface area contributed by atoms with Gasteiger partial charge in [-0.3, -0.25) is 4.98 Å². The maximum Gasteiger partial charge on any atom is 0.416 e. The molecule has 1 aromatic heterocycles. The molecular formula is C15H8Cl2F3N3O. The smallest absolute Gasteiger partial charge is 0.288 e. The lowest BCUT2D eigenvalue weighted by Gasteiger charge is -2.09. The van der Waals surface area contributed by atoms with E-state index >= 15 is 0 Å². The molecule has 9 heteroatoms. The van der Waals surface area contributed by atoms with E-state index < -0.39 is 17.4 Å². The van der Waals surface area contributed by atoms with Gasteiger partial charge in [0.05, 0.1) is 21.3 Å². The van der Waals surface area contributed by atoms with Crippen LogP contribution in [0.15, 0.2) is 47.3 Å². The number of halogens is 5. The first kappa shape index (κ1) is 16.6. The third kappa shape index (κ3) is 3.05. The minimum Gasteiger partial charge on any atom is -0.288 e. The van der Waals surface area contributed by atoms with Crippen LogP contribution >= 0.6 is 23.2 Å². The van der Waals surface area contributed by atoms with Crippen molar-refractivity contribution in [2.75, 3.05) is 0 Å². The average molecular weight is 374 g/mol. The highest BCUT2D eigenvalue weighted by Gasteiger charge is 2.31. The highest BCUT2D eigenvalue weighted by molar-refractivity contribution is 6.33. The zero-order valence-electron chi connectivity index (χ0n) is 11.7. The number of aromatic nitrogens is 3. The van der Waals surface area contributed by atoms with Gasteiger partial charge < -0.3 is 0 Å². The van der Waals surface area contributed by atoms with Gasteiger partial charge in [0, 0.05) is 5.56 Å². The minimum absolute atomic E-state index is 0.0317. The van der Waals surface area contributed by atoms with Gasteiger partial charge in [0.15, 0.2) is 5.82 Å². The number of hydrogen-bond donors (Lipinski definition) is 1. The van der Waals surface area contributed by atoms with Crippen LogP contribution in [0.3, 0.4) is 0 Å². The van der Waals surface area contributed by atoms with Crippen LogP contribution in [0.1, 0.15) is 5.56 Å². The summed E-state index contributed by atoms with van der Waals surface area (Å²) in [6.07, 6.45) is -4.53. The molecule has 3 rings (SSSR count). The average Bonchev–Trinajstić information content (AvgIpc) is 2.88. The second-order valence-corrected chi connectivity index (χ2v) is 5.65. The maximum absolute atomic E-state index is 12.7. The topological polar surface area (TPSA) is 50.7 Å². The minimum atomic E-state index is -4.53. The second kappa shape index (κ2) is 5.99. The third-order valence-corrected chi connectivity index (χ3v) is 3.88. The number of aromatic amines is 1. The van der Waals surface area contributed by atoms with Crippen molar-refractivity contribution >= 4 is 23.2 Å². The van der Waals surface area contributed by atoms with E-state index in [-0.39, 0.29) is 16.5 Å². The summed E-state index contributed by atoms with van der Waals surface area (Å²) in [5.41, 5.74) is -1.04. The Hall–Kier alpha value is -2.25. The van der Waals surface area contributed by atoms with Crippen molar-refractivity contribution in [3.63, 3.8) is 0 Å². The number of rotatable bonds is 2. The Bertz CT molecular complexity index is 963. The maximum atomic E-state index is 12.7. The molecule has 1 N–H and O–H groups in total. The van der Waals surface area contributed by atoms with E-state index in [9.17, 15) is 18.0 Å². The molecular weight excluding hydrogens is 366 g/mol. The van der Waals surface area contributed by atoms with Gasteiger partial charge >= 0.3 is 11.9 Å². The summed E-state index contributed by atoms with van der Waals surface area (Å²) in [5.74, 6) is 0.182. The molecule has 0 atom stereocenters. The third-order valence-electron chi connectivity index (χ3n) is 3.25. The van der Waals surface area contributed by atoms with Gasteiger partial charge in [-0.25, -0.2) is 4.79 Å². The lowest BCUT2D eigenvalue weighted by atomic mass is 10.2. The SMILES string of the molecule is O=c1[nH]c(-c2ccccc2Cl)nn1-c1ccc(C(F)(F)F)cc1Cl. The monoisotopic (exact) mass is 373 g/mol. The van der Waals surface area contributed by atoms with Crippen molar-refractivity contribution in [3.05, 3.63) is 68.6 Å². The van der Waals surface area contributed by atoms with E-state index in [1.54, 1.807) is 24.3 Å². The molecule has 0 aliphatic rings. The Morgan fingerprint density at radius 2 is 1.75 bits per heavy atom. The molecule has 0 saturated heterocycles. The van der Waals surface area contributed by atoms with Crippen molar-refractivity contribution < 1.29 is 13.2 Å². The lowest BCUT2D eigenvalue weighted by molar-refractivity contribution is -0.137. The summed E-state index contributed by atoms with van der Waals surface area (Å²) in [4.78, 5) is 14.6. The zero-order valence-corrected chi connectivity index (χ0v) is 13.2. The van der Waals surface area contributed by atoms with Crippen LogP contribution in [0.25, 0.3) is 17.1 Å². The molecule has 24 heavy (non-hydrogen) atoms. The fourth-order valence-electron chi connectivity index (χ4n) is 2.12. The van der Waals surface area contributed by atoms with Crippen LogP contribution in [-0.2, 0) is 6.18 Å². The molecule has 0 spiro atoms. The Kier molecular flexibility index (Phi) is 4.15. The van der Waals surface area contributed by atoms with Gasteiger partial charge in [0.25, 0.3) is 0 Å². The van der Waals surface area contributed by atoms with Crippen LogP contribution in [-0.4, -0.2) is 14.8 Å². The molecule has 0 aliphatic carbocycles. The molecule has 1 heterocycles. The summed E-state index contributed by atoms with van der Waals surface area (Å²) in [5, 5.41) is 4.19. The van der Waals surface area contributed by atoms with E-state index in [1.807, 2.05) is 0 Å².